The van der Waals surface area contributed by atoms with E-state index in [2.05, 4.69) is 15.1 Å². The van der Waals surface area contributed by atoms with Gasteiger partial charge in [0, 0.05) is 6.04 Å². The largest absolute Gasteiger partial charge is 0.422 e. The molecule has 2 N–H and O–H groups in total. The van der Waals surface area contributed by atoms with Crippen LogP contribution in [0.25, 0.3) is 5.69 Å². The van der Waals surface area contributed by atoms with E-state index in [9.17, 15) is 0 Å². The highest BCUT2D eigenvalue weighted by Crippen LogP contribution is 2.18. The van der Waals surface area contributed by atoms with Crippen molar-refractivity contribution in [2.45, 2.75) is 13.0 Å². The van der Waals surface area contributed by atoms with Crippen molar-refractivity contribution in [1.29, 1.82) is 0 Å². The molecule has 21 heavy (non-hydrogen) atoms. The summed E-state index contributed by atoms with van der Waals surface area (Å²) in [6, 6.07) is 13.5. The van der Waals surface area contributed by atoms with Gasteiger partial charge in [0.15, 0.2) is 0 Å². The summed E-state index contributed by atoms with van der Waals surface area (Å²) < 4.78 is 7.22. The minimum Gasteiger partial charge on any atom is -0.422 e. The highest BCUT2D eigenvalue weighted by Gasteiger charge is 2.06. The molecule has 106 valence electrons. The number of rotatable bonds is 4. The Morgan fingerprint density at radius 3 is 2.57 bits per heavy atom. The van der Waals surface area contributed by atoms with Gasteiger partial charge in [0.25, 0.3) is 0 Å². The summed E-state index contributed by atoms with van der Waals surface area (Å²) in [5.74, 6) is 0.574. The predicted octanol–water partition coefficient (Wildman–Crippen LogP) is 2.47. The molecule has 0 amide bonds. The number of hydrogen-bond acceptors (Lipinski definition) is 5. The third-order valence-corrected chi connectivity index (χ3v) is 2.93. The van der Waals surface area contributed by atoms with Gasteiger partial charge in [0.1, 0.15) is 12.1 Å². The van der Waals surface area contributed by atoms with Gasteiger partial charge in [-0.15, -0.1) is 5.10 Å². The number of aromatic nitrogens is 4. The van der Waals surface area contributed by atoms with Crippen LogP contribution in [0.4, 0.5) is 0 Å². The summed E-state index contributed by atoms with van der Waals surface area (Å²) in [7, 11) is 0. The van der Waals surface area contributed by atoms with Crippen LogP contribution in [0.5, 0.6) is 11.8 Å². The lowest BCUT2D eigenvalue weighted by molar-refractivity contribution is 0.439. The summed E-state index contributed by atoms with van der Waals surface area (Å²) >= 11 is 0. The van der Waals surface area contributed by atoms with Gasteiger partial charge >= 0.3 is 6.01 Å². The zero-order chi connectivity index (χ0) is 14.7. The van der Waals surface area contributed by atoms with Gasteiger partial charge in [0.2, 0.25) is 0 Å². The van der Waals surface area contributed by atoms with Crippen molar-refractivity contribution < 1.29 is 4.74 Å². The van der Waals surface area contributed by atoms with Gasteiger partial charge in [0.05, 0.1) is 17.6 Å². The number of benzene rings is 1. The second-order valence-corrected chi connectivity index (χ2v) is 4.62. The van der Waals surface area contributed by atoms with Gasteiger partial charge in [-0.25, -0.2) is 4.68 Å². The SMILES string of the molecule is C[C@H](N)c1ccc(Oc2ncn(-c3ccccc3)n2)cn1. The lowest BCUT2D eigenvalue weighted by atomic mass is 10.2. The van der Waals surface area contributed by atoms with Crippen molar-refractivity contribution in [1.82, 2.24) is 19.7 Å². The van der Waals surface area contributed by atoms with E-state index >= 15 is 0 Å². The lowest BCUT2D eigenvalue weighted by Gasteiger charge is -2.05. The molecule has 3 rings (SSSR count). The molecular weight excluding hydrogens is 266 g/mol. The van der Waals surface area contributed by atoms with Crippen molar-refractivity contribution in [3.8, 4) is 17.4 Å². The first-order valence-corrected chi connectivity index (χ1v) is 6.59. The Hall–Kier alpha value is -2.73. The molecule has 0 radical (unpaired) electrons. The van der Waals surface area contributed by atoms with Crippen LogP contribution in [0.3, 0.4) is 0 Å². The number of nitrogens with zero attached hydrogens (tertiary/aromatic N) is 4. The fourth-order valence-corrected chi connectivity index (χ4v) is 1.83. The average molecular weight is 281 g/mol. The molecule has 0 saturated carbocycles. The van der Waals surface area contributed by atoms with E-state index in [1.54, 1.807) is 23.3 Å². The Morgan fingerprint density at radius 2 is 1.90 bits per heavy atom. The van der Waals surface area contributed by atoms with Gasteiger partial charge in [-0.2, -0.15) is 4.98 Å². The van der Waals surface area contributed by atoms with Gasteiger partial charge in [-0.05, 0) is 31.2 Å². The normalized spacial score (nSPS) is 12.1. The maximum absolute atomic E-state index is 5.75. The van der Waals surface area contributed by atoms with Crippen LogP contribution in [0.2, 0.25) is 0 Å². The van der Waals surface area contributed by atoms with E-state index in [0.29, 0.717) is 5.75 Å². The summed E-state index contributed by atoms with van der Waals surface area (Å²) in [5.41, 5.74) is 7.48. The van der Waals surface area contributed by atoms with E-state index < -0.39 is 0 Å². The lowest BCUT2D eigenvalue weighted by Crippen LogP contribution is -2.06. The highest BCUT2D eigenvalue weighted by molar-refractivity contribution is 5.30. The molecule has 6 nitrogen and oxygen atoms in total. The van der Waals surface area contributed by atoms with Crippen LogP contribution in [-0.2, 0) is 0 Å². The molecule has 0 saturated heterocycles. The number of hydrogen-bond donors (Lipinski definition) is 1. The van der Waals surface area contributed by atoms with E-state index in [0.717, 1.165) is 11.4 Å². The van der Waals surface area contributed by atoms with Gasteiger partial charge < -0.3 is 10.5 Å². The number of pyridine rings is 1. The van der Waals surface area contributed by atoms with Crippen molar-refractivity contribution in [2.24, 2.45) is 5.73 Å². The maximum Gasteiger partial charge on any atom is 0.341 e. The molecule has 1 aromatic carbocycles. The molecule has 3 aromatic rings. The first-order chi connectivity index (χ1) is 10.2. The standard InChI is InChI=1S/C15H15N5O/c1-11(16)14-8-7-13(9-17-14)21-15-18-10-20(19-15)12-5-3-2-4-6-12/h2-11H,16H2,1H3/t11-/m0/s1. The van der Waals surface area contributed by atoms with E-state index in [-0.39, 0.29) is 12.1 Å². The summed E-state index contributed by atoms with van der Waals surface area (Å²) in [4.78, 5) is 8.35. The summed E-state index contributed by atoms with van der Waals surface area (Å²) in [6.45, 7) is 1.88. The van der Waals surface area contributed by atoms with Crippen LogP contribution >= 0.6 is 0 Å². The van der Waals surface area contributed by atoms with Crippen LogP contribution in [0.1, 0.15) is 18.7 Å². The summed E-state index contributed by atoms with van der Waals surface area (Å²) in [5, 5.41) is 4.26. The molecule has 1 atom stereocenters. The van der Waals surface area contributed by atoms with Crippen molar-refractivity contribution in [2.75, 3.05) is 0 Å². The van der Waals surface area contributed by atoms with E-state index in [1.807, 2.05) is 43.3 Å². The number of nitrogens with two attached hydrogens (primary N) is 1. The quantitative estimate of drug-likeness (QED) is 0.794. The Balaban J connectivity index is 1.75. The second-order valence-electron chi connectivity index (χ2n) is 4.62. The monoisotopic (exact) mass is 281 g/mol. The zero-order valence-corrected chi connectivity index (χ0v) is 11.5. The van der Waals surface area contributed by atoms with Crippen LogP contribution in [-0.4, -0.2) is 19.7 Å². The number of para-hydroxylation sites is 1. The molecule has 2 heterocycles. The maximum atomic E-state index is 5.75. The third-order valence-electron chi connectivity index (χ3n) is 2.93. The minimum atomic E-state index is -0.102. The van der Waals surface area contributed by atoms with Crippen molar-refractivity contribution >= 4 is 0 Å². The average Bonchev–Trinajstić information content (AvgIpc) is 2.97. The topological polar surface area (TPSA) is 78.9 Å². The van der Waals surface area contributed by atoms with Crippen molar-refractivity contribution in [3.05, 3.63) is 60.7 Å². The molecule has 0 unspecified atom stereocenters. The predicted molar refractivity (Wildman–Crippen MR) is 78.3 cm³/mol. The minimum absolute atomic E-state index is 0.102. The van der Waals surface area contributed by atoms with Crippen LogP contribution in [0.15, 0.2) is 55.0 Å². The number of ether oxygens (including phenoxy) is 1. The molecule has 0 aliphatic carbocycles. The van der Waals surface area contributed by atoms with Crippen molar-refractivity contribution in [3.63, 3.8) is 0 Å². The Morgan fingerprint density at radius 1 is 1.10 bits per heavy atom. The smallest absolute Gasteiger partial charge is 0.341 e. The van der Waals surface area contributed by atoms with E-state index in [1.165, 1.54) is 0 Å². The van der Waals surface area contributed by atoms with E-state index in [4.69, 9.17) is 10.5 Å². The molecule has 0 aliphatic heterocycles. The molecule has 6 heteroatoms. The van der Waals surface area contributed by atoms with Crippen LogP contribution in [0, 0.1) is 0 Å². The molecule has 2 aromatic heterocycles. The molecule has 0 fully saturated rings. The fraction of sp³-hybridized carbons (Fsp3) is 0.133. The highest BCUT2D eigenvalue weighted by atomic mass is 16.5. The molecule has 0 bridgehead atoms. The fourth-order valence-electron chi connectivity index (χ4n) is 1.83. The Labute approximate surface area is 122 Å². The summed E-state index contributed by atoms with van der Waals surface area (Å²) in [6.07, 6.45) is 3.22. The van der Waals surface area contributed by atoms with Crippen LogP contribution < -0.4 is 10.5 Å². The van der Waals surface area contributed by atoms with Gasteiger partial charge in [-0.3, -0.25) is 4.98 Å². The molecule has 0 aliphatic rings. The second kappa shape index (κ2) is 5.72. The first-order valence-electron chi connectivity index (χ1n) is 6.59. The zero-order valence-electron chi connectivity index (χ0n) is 11.5. The first kappa shape index (κ1) is 13.3. The molecule has 0 spiro atoms. The molecular formula is C15H15N5O. The Bertz CT molecular complexity index is 706. The van der Waals surface area contributed by atoms with Gasteiger partial charge in [-0.1, -0.05) is 18.2 Å². The third kappa shape index (κ3) is 3.06. The Kier molecular flexibility index (Phi) is 3.61.